The van der Waals surface area contributed by atoms with E-state index >= 15 is 0 Å². The van der Waals surface area contributed by atoms with Crippen molar-refractivity contribution in [2.24, 2.45) is 0 Å². The molecule has 0 heterocycles. The summed E-state index contributed by atoms with van der Waals surface area (Å²) in [5.41, 5.74) is 26.2. The first-order chi connectivity index (χ1) is 49.6. The van der Waals surface area contributed by atoms with E-state index in [0.29, 0.717) is 47.3 Å². The van der Waals surface area contributed by atoms with Crippen molar-refractivity contribution in [1.29, 1.82) is 0 Å². The van der Waals surface area contributed by atoms with Crippen molar-refractivity contribution in [2.45, 2.75) is 304 Å². The molecular weight excluding hydrogens is 1210 g/mol. The first-order valence-corrected chi connectivity index (χ1v) is 41.9. The Kier molecular flexibility index (Phi) is 20.5. The predicted octanol–water partition coefficient (Wildman–Crippen LogP) is 30.6. The summed E-state index contributed by atoms with van der Waals surface area (Å²) >= 11 is 0. The summed E-state index contributed by atoms with van der Waals surface area (Å²) in [6, 6.07) is 72.1. The molecule has 8 aliphatic rings. The lowest BCUT2D eigenvalue weighted by Gasteiger charge is -2.36. The van der Waals surface area contributed by atoms with E-state index in [1.165, 1.54) is 335 Å². The lowest BCUT2D eigenvalue weighted by molar-refractivity contribution is 0.435. The summed E-state index contributed by atoms with van der Waals surface area (Å²) in [5.74, 6) is 4.65. The normalized spacial score (nSPS) is 20.5. The van der Waals surface area contributed by atoms with E-state index in [1.54, 1.807) is 44.5 Å². The fourth-order valence-electron chi connectivity index (χ4n) is 21.6. The van der Waals surface area contributed by atoms with Crippen LogP contribution < -0.4 is 9.80 Å². The Morgan fingerprint density at radius 3 is 0.570 bits per heavy atom. The maximum absolute atomic E-state index is 2.96. The summed E-state index contributed by atoms with van der Waals surface area (Å²) < 4.78 is 0. The Morgan fingerprint density at radius 1 is 0.170 bits per heavy atom. The van der Waals surface area contributed by atoms with E-state index in [-0.39, 0.29) is 0 Å². The standard InChI is InChI=1S/C98H116N2/c1-11-31-69(32-12-1)79-51-53-93-95(67-79)97(99(89-59-81(71-35-15-3-16-36-71)55-82(60-89)72-37-17-4-18-38-72)90-61-83(73-39-19-5-20-40-73)56-84(62-90)74-41-21-6-22-42-74)94-54-52-80(70-33-13-2-14-34-70)68-96(94)98(93)100(91-63-85(75-43-23-7-24-44-75)57-86(64-91)76-45-25-8-26-46-76)92-65-87(77-47-27-9-28-48-77)58-88(66-92)78-49-29-10-30-50-78/h1-2,11-14,31-34,51-68,71-78H,3-10,15-30,35-50H2. The lowest BCUT2D eigenvalue weighted by atomic mass is 9.78. The Labute approximate surface area is 602 Å². The second kappa shape index (κ2) is 31.0. The van der Waals surface area contributed by atoms with Crippen molar-refractivity contribution >= 4 is 55.7 Å². The number of hydrogen-bond donors (Lipinski definition) is 0. The zero-order valence-electron chi connectivity index (χ0n) is 61.0. The molecule has 8 saturated carbocycles. The average Bonchev–Trinajstić information content (AvgIpc) is 0.712. The van der Waals surface area contributed by atoms with Crippen LogP contribution in [0.15, 0.2) is 170 Å². The molecule has 2 nitrogen and oxygen atoms in total. The van der Waals surface area contributed by atoms with Crippen molar-refractivity contribution in [3.63, 3.8) is 0 Å². The largest absolute Gasteiger partial charge is 0.309 e. The van der Waals surface area contributed by atoms with Gasteiger partial charge in [-0.15, -0.1) is 0 Å². The summed E-state index contributed by atoms with van der Waals surface area (Å²) in [6.07, 6.45) is 53.0. The number of anilines is 6. The van der Waals surface area contributed by atoms with Crippen LogP contribution in [0, 0.1) is 0 Å². The topological polar surface area (TPSA) is 6.48 Å². The highest BCUT2D eigenvalue weighted by Gasteiger charge is 2.34. The Morgan fingerprint density at radius 2 is 0.370 bits per heavy atom. The molecule has 0 bridgehead atoms. The third-order valence-electron chi connectivity index (χ3n) is 27.2. The van der Waals surface area contributed by atoms with Gasteiger partial charge in [-0.25, -0.2) is 0 Å². The van der Waals surface area contributed by atoms with Crippen LogP contribution in [0.4, 0.5) is 34.1 Å². The molecule has 8 fully saturated rings. The molecule has 17 rings (SSSR count). The van der Waals surface area contributed by atoms with Crippen LogP contribution in [-0.2, 0) is 0 Å². The molecule has 8 aliphatic carbocycles. The first kappa shape index (κ1) is 66.3. The molecule has 0 saturated heterocycles. The van der Waals surface area contributed by atoms with Gasteiger partial charge in [0.25, 0.3) is 0 Å². The highest BCUT2D eigenvalue weighted by atomic mass is 15.2. The minimum atomic E-state index is 0.581. The van der Waals surface area contributed by atoms with E-state index in [1.807, 2.05) is 0 Å². The maximum atomic E-state index is 2.96. The quantitative estimate of drug-likeness (QED) is 0.0703. The zero-order valence-corrected chi connectivity index (χ0v) is 61.0. The lowest BCUT2D eigenvalue weighted by Crippen LogP contribution is -2.18. The number of benzene rings is 9. The van der Waals surface area contributed by atoms with Gasteiger partial charge in [0.2, 0.25) is 0 Å². The summed E-state index contributed by atoms with van der Waals surface area (Å²) in [4.78, 5) is 5.92. The smallest absolute Gasteiger partial charge is 0.0620 e. The van der Waals surface area contributed by atoms with Gasteiger partial charge < -0.3 is 9.80 Å². The molecule has 100 heavy (non-hydrogen) atoms. The fraction of sp³-hybridized carbons (Fsp3) is 0.490. The molecular formula is C98H116N2. The van der Waals surface area contributed by atoms with Crippen molar-refractivity contribution in [3.8, 4) is 22.3 Å². The van der Waals surface area contributed by atoms with Gasteiger partial charge in [-0.2, -0.15) is 0 Å². The van der Waals surface area contributed by atoms with Crippen LogP contribution in [0.5, 0.6) is 0 Å². The third-order valence-corrected chi connectivity index (χ3v) is 27.2. The molecule has 0 aromatic heterocycles. The van der Waals surface area contributed by atoms with Gasteiger partial charge in [0.05, 0.1) is 11.4 Å². The molecule has 0 N–H and O–H groups in total. The van der Waals surface area contributed by atoms with E-state index < -0.39 is 0 Å². The number of rotatable bonds is 16. The van der Waals surface area contributed by atoms with Gasteiger partial charge in [0.15, 0.2) is 0 Å². The number of fused-ring (bicyclic) bond motifs is 2. The van der Waals surface area contributed by atoms with E-state index in [0.717, 1.165) is 0 Å². The van der Waals surface area contributed by atoms with Gasteiger partial charge in [-0.05, 0) is 278 Å². The number of nitrogens with zero attached hydrogens (tertiary/aromatic N) is 2. The first-order valence-electron chi connectivity index (χ1n) is 41.9. The molecule has 0 atom stereocenters. The van der Waals surface area contributed by atoms with E-state index in [4.69, 9.17) is 0 Å². The van der Waals surface area contributed by atoms with Crippen molar-refractivity contribution in [1.82, 2.24) is 0 Å². The highest BCUT2D eigenvalue weighted by Crippen LogP contribution is 2.57. The summed E-state index contributed by atoms with van der Waals surface area (Å²) in [7, 11) is 0. The zero-order chi connectivity index (χ0) is 66.6. The van der Waals surface area contributed by atoms with Crippen LogP contribution in [0.3, 0.4) is 0 Å². The Balaban J connectivity index is 1.02. The highest BCUT2D eigenvalue weighted by molar-refractivity contribution is 6.24. The average molecular weight is 1320 g/mol. The minimum absolute atomic E-state index is 0.581. The van der Waals surface area contributed by atoms with Gasteiger partial charge in [0.1, 0.15) is 0 Å². The summed E-state index contributed by atoms with van der Waals surface area (Å²) in [6.45, 7) is 0. The predicted molar refractivity (Wildman–Crippen MR) is 428 cm³/mol. The Hall–Kier alpha value is -6.90. The molecule has 2 heteroatoms. The van der Waals surface area contributed by atoms with Crippen molar-refractivity contribution in [3.05, 3.63) is 214 Å². The van der Waals surface area contributed by atoms with Crippen molar-refractivity contribution in [2.75, 3.05) is 9.80 Å². The van der Waals surface area contributed by atoms with E-state index in [9.17, 15) is 0 Å². The molecule has 0 spiro atoms. The van der Waals surface area contributed by atoms with Gasteiger partial charge >= 0.3 is 0 Å². The molecule has 0 aliphatic heterocycles. The molecule has 518 valence electrons. The monoisotopic (exact) mass is 1320 g/mol. The molecule has 0 radical (unpaired) electrons. The molecule has 9 aromatic rings. The van der Waals surface area contributed by atoms with Gasteiger partial charge in [0, 0.05) is 44.3 Å². The van der Waals surface area contributed by atoms with Crippen molar-refractivity contribution < 1.29 is 0 Å². The van der Waals surface area contributed by atoms with Gasteiger partial charge in [-0.3, -0.25) is 0 Å². The van der Waals surface area contributed by atoms with Crippen LogP contribution in [0.25, 0.3) is 43.8 Å². The van der Waals surface area contributed by atoms with Crippen LogP contribution >= 0.6 is 0 Å². The second-order valence-electron chi connectivity index (χ2n) is 33.7. The van der Waals surface area contributed by atoms with Gasteiger partial charge in [-0.1, -0.05) is 263 Å². The van der Waals surface area contributed by atoms with E-state index in [2.05, 4.69) is 180 Å². The van der Waals surface area contributed by atoms with Crippen LogP contribution in [0.2, 0.25) is 0 Å². The SMILES string of the molecule is c1ccc(-c2ccc3c(N(c4cc(C5CCCCC5)cc(C5CCCCC5)c4)c4cc(C5CCCCC5)cc(C5CCCCC5)c4)c4cc(-c5ccccc5)ccc4c(N(c4cc(C5CCCCC5)cc(C5CCCCC5)c4)c4cc(C5CCCCC5)cc(C5CCCCC5)c4)c3c2)cc1. The third kappa shape index (κ3) is 14.3. The van der Waals surface area contributed by atoms with Crippen LogP contribution in [0.1, 0.15) is 349 Å². The fourth-order valence-corrected chi connectivity index (χ4v) is 21.6. The number of hydrogen-bond acceptors (Lipinski definition) is 2. The maximum Gasteiger partial charge on any atom is 0.0620 e. The molecule has 0 unspecified atom stereocenters. The van der Waals surface area contributed by atoms with Crippen LogP contribution in [-0.4, -0.2) is 0 Å². The Bertz CT molecular complexity index is 3630. The molecule has 0 amide bonds. The minimum Gasteiger partial charge on any atom is -0.309 e. The second-order valence-corrected chi connectivity index (χ2v) is 33.7. The summed E-state index contributed by atoms with van der Waals surface area (Å²) in [5, 5.41) is 5.43. The molecule has 9 aromatic carbocycles.